The normalized spacial score (nSPS) is 24.6. The van der Waals surface area contributed by atoms with E-state index in [9.17, 15) is 0 Å². The van der Waals surface area contributed by atoms with Crippen LogP contribution in [0.15, 0.2) is 29.3 Å². The van der Waals surface area contributed by atoms with E-state index in [0.717, 1.165) is 12.5 Å². The van der Waals surface area contributed by atoms with Gasteiger partial charge in [0.15, 0.2) is 5.96 Å². The summed E-state index contributed by atoms with van der Waals surface area (Å²) in [7, 11) is 0. The minimum Gasteiger partial charge on any atom is -0.370 e. The summed E-state index contributed by atoms with van der Waals surface area (Å²) in [6.07, 6.45) is 7.92. The molecular weight excluding hydrogens is 246 g/mol. The molecule has 0 aromatic heterocycles. The van der Waals surface area contributed by atoms with Crippen molar-refractivity contribution in [3.8, 4) is 0 Å². The molecule has 0 spiro atoms. The van der Waals surface area contributed by atoms with E-state index in [4.69, 9.17) is 5.73 Å². The van der Waals surface area contributed by atoms with Crippen LogP contribution in [0.25, 0.3) is 0 Å². The molecule has 1 aliphatic heterocycles. The summed E-state index contributed by atoms with van der Waals surface area (Å²) < 4.78 is 0. The topological polar surface area (TPSA) is 41.6 Å². The Kier molecular flexibility index (Phi) is 3.95. The average Bonchev–Trinajstić information content (AvgIpc) is 2.66. The zero-order valence-electron chi connectivity index (χ0n) is 12.4. The Morgan fingerprint density at radius 1 is 1.15 bits per heavy atom. The molecule has 1 saturated carbocycles. The van der Waals surface area contributed by atoms with Gasteiger partial charge in [-0.05, 0) is 25.3 Å². The standard InChI is InChI=1S/C17H25N3/c1-13-7-6-8-14(11-13)16-12-19-17(18)20(16)15-9-4-2-3-5-10-15/h6-8,11,15-16H,2-5,9-10,12H2,1H3,(H2,18,19). The maximum Gasteiger partial charge on any atom is 0.192 e. The second-order valence-corrected chi connectivity index (χ2v) is 6.18. The van der Waals surface area contributed by atoms with Crippen molar-refractivity contribution in [2.24, 2.45) is 10.7 Å². The number of rotatable bonds is 2. The van der Waals surface area contributed by atoms with E-state index in [1.807, 2.05) is 0 Å². The Hall–Kier alpha value is -1.51. The molecular formula is C17H25N3. The van der Waals surface area contributed by atoms with Crippen LogP contribution in [0.2, 0.25) is 0 Å². The Labute approximate surface area is 121 Å². The van der Waals surface area contributed by atoms with Gasteiger partial charge in [-0.2, -0.15) is 0 Å². The highest BCUT2D eigenvalue weighted by Crippen LogP contribution is 2.33. The average molecular weight is 271 g/mol. The molecule has 108 valence electrons. The molecule has 0 bridgehead atoms. The van der Waals surface area contributed by atoms with Crippen molar-refractivity contribution in [1.82, 2.24) is 4.90 Å². The fourth-order valence-electron chi connectivity index (χ4n) is 3.63. The number of guanidine groups is 1. The molecule has 2 N–H and O–H groups in total. The lowest BCUT2D eigenvalue weighted by Gasteiger charge is -2.34. The maximum atomic E-state index is 6.20. The van der Waals surface area contributed by atoms with Gasteiger partial charge >= 0.3 is 0 Å². The van der Waals surface area contributed by atoms with E-state index >= 15 is 0 Å². The number of nitrogens with two attached hydrogens (primary N) is 1. The summed E-state index contributed by atoms with van der Waals surface area (Å²) in [5.41, 5.74) is 8.88. The molecule has 1 atom stereocenters. The van der Waals surface area contributed by atoms with E-state index in [0.29, 0.717) is 12.1 Å². The van der Waals surface area contributed by atoms with Crippen LogP contribution in [0.1, 0.15) is 55.7 Å². The van der Waals surface area contributed by atoms with Crippen molar-refractivity contribution in [1.29, 1.82) is 0 Å². The number of hydrogen-bond donors (Lipinski definition) is 1. The van der Waals surface area contributed by atoms with Gasteiger partial charge in [-0.1, -0.05) is 55.5 Å². The third-order valence-electron chi connectivity index (χ3n) is 4.67. The number of nitrogens with zero attached hydrogens (tertiary/aromatic N) is 2. The van der Waals surface area contributed by atoms with Gasteiger partial charge in [-0.25, -0.2) is 0 Å². The second-order valence-electron chi connectivity index (χ2n) is 6.18. The molecule has 1 heterocycles. The summed E-state index contributed by atoms with van der Waals surface area (Å²) in [5.74, 6) is 0.753. The van der Waals surface area contributed by atoms with Crippen LogP contribution in [-0.2, 0) is 0 Å². The van der Waals surface area contributed by atoms with E-state index in [1.54, 1.807) is 0 Å². The SMILES string of the molecule is Cc1cccc(C2CN=C(N)N2C2CCCCCC2)c1. The summed E-state index contributed by atoms with van der Waals surface area (Å²) in [5, 5.41) is 0. The third-order valence-corrected chi connectivity index (χ3v) is 4.67. The first-order chi connectivity index (χ1) is 9.75. The second kappa shape index (κ2) is 5.86. The van der Waals surface area contributed by atoms with Crippen LogP contribution in [0, 0.1) is 6.92 Å². The van der Waals surface area contributed by atoms with Crippen molar-refractivity contribution in [2.75, 3.05) is 6.54 Å². The fourth-order valence-corrected chi connectivity index (χ4v) is 3.63. The molecule has 2 aliphatic rings. The number of benzene rings is 1. The van der Waals surface area contributed by atoms with Crippen LogP contribution in [-0.4, -0.2) is 23.4 Å². The molecule has 0 saturated heterocycles. The van der Waals surface area contributed by atoms with Crippen molar-refractivity contribution < 1.29 is 0 Å². The quantitative estimate of drug-likeness (QED) is 0.838. The van der Waals surface area contributed by atoms with Crippen molar-refractivity contribution in [3.63, 3.8) is 0 Å². The molecule has 20 heavy (non-hydrogen) atoms. The molecule has 1 aliphatic carbocycles. The van der Waals surface area contributed by atoms with E-state index in [2.05, 4.69) is 41.1 Å². The number of hydrogen-bond acceptors (Lipinski definition) is 3. The largest absolute Gasteiger partial charge is 0.370 e. The van der Waals surface area contributed by atoms with Gasteiger partial charge in [0.2, 0.25) is 0 Å². The monoisotopic (exact) mass is 271 g/mol. The first-order valence-corrected chi connectivity index (χ1v) is 7.90. The molecule has 1 aromatic rings. The van der Waals surface area contributed by atoms with E-state index in [1.165, 1.54) is 49.7 Å². The zero-order valence-corrected chi connectivity index (χ0v) is 12.4. The molecule has 1 unspecified atom stereocenters. The van der Waals surface area contributed by atoms with Gasteiger partial charge < -0.3 is 10.6 Å². The zero-order chi connectivity index (χ0) is 13.9. The van der Waals surface area contributed by atoms with Crippen molar-refractivity contribution in [2.45, 2.75) is 57.5 Å². The first-order valence-electron chi connectivity index (χ1n) is 7.90. The Morgan fingerprint density at radius 2 is 1.90 bits per heavy atom. The van der Waals surface area contributed by atoms with Crippen LogP contribution in [0.4, 0.5) is 0 Å². The Morgan fingerprint density at radius 3 is 2.60 bits per heavy atom. The van der Waals surface area contributed by atoms with Crippen molar-refractivity contribution >= 4 is 5.96 Å². The van der Waals surface area contributed by atoms with E-state index < -0.39 is 0 Å². The minimum absolute atomic E-state index is 0.345. The van der Waals surface area contributed by atoms with Crippen LogP contribution in [0.5, 0.6) is 0 Å². The first kappa shape index (κ1) is 13.5. The molecule has 3 heteroatoms. The van der Waals surface area contributed by atoms with E-state index in [-0.39, 0.29) is 0 Å². The molecule has 3 rings (SSSR count). The van der Waals surface area contributed by atoms with Gasteiger partial charge in [0, 0.05) is 6.04 Å². The number of aliphatic imine (C=N–C) groups is 1. The molecule has 1 aromatic carbocycles. The van der Waals surface area contributed by atoms with Crippen LogP contribution in [0.3, 0.4) is 0 Å². The Bertz CT molecular complexity index is 487. The highest BCUT2D eigenvalue weighted by atomic mass is 15.3. The molecule has 0 radical (unpaired) electrons. The van der Waals surface area contributed by atoms with Gasteiger partial charge in [0.25, 0.3) is 0 Å². The molecule has 3 nitrogen and oxygen atoms in total. The summed E-state index contributed by atoms with van der Waals surface area (Å²) >= 11 is 0. The lowest BCUT2D eigenvalue weighted by atomic mass is 10.00. The summed E-state index contributed by atoms with van der Waals surface area (Å²) in [6, 6.07) is 9.72. The maximum absolute atomic E-state index is 6.20. The lowest BCUT2D eigenvalue weighted by Crippen LogP contribution is -2.43. The smallest absolute Gasteiger partial charge is 0.192 e. The highest BCUT2D eigenvalue weighted by Gasteiger charge is 2.33. The summed E-state index contributed by atoms with van der Waals surface area (Å²) in [4.78, 5) is 6.93. The highest BCUT2D eigenvalue weighted by molar-refractivity contribution is 5.80. The predicted molar refractivity (Wildman–Crippen MR) is 83.7 cm³/mol. The van der Waals surface area contributed by atoms with Crippen LogP contribution >= 0.6 is 0 Å². The summed E-state index contributed by atoms with van der Waals surface area (Å²) in [6.45, 7) is 2.96. The van der Waals surface area contributed by atoms with Crippen molar-refractivity contribution in [3.05, 3.63) is 35.4 Å². The minimum atomic E-state index is 0.345. The van der Waals surface area contributed by atoms with Gasteiger partial charge in [-0.15, -0.1) is 0 Å². The van der Waals surface area contributed by atoms with Crippen LogP contribution < -0.4 is 5.73 Å². The Balaban J connectivity index is 1.84. The lowest BCUT2D eigenvalue weighted by molar-refractivity contribution is 0.237. The molecule has 1 fully saturated rings. The van der Waals surface area contributed by atoms with Gasteiger partial charge in [0.1, 0.15) is 0 Å². The fraction of sp³-hybridized carbons (Fsp3) is 0.588. The third kappa shape index (κ3) is 2.67. The van der Waals surface area contributed by atoms with Gasteiger partial charge in [0.05, 0.1) is 12.6 Å². The van der Waals surface area contributed by atoms with Gasteiger partial charge in [-0.3, -0.25) is 4.99 Å². The number of aryl methyl sites for hydroxylation is 1. The molecule has 0 amide bonds. The predicted octanol–water partition coefficient (Wildman–Crippen LogP) is 3.39.